The van der Waals surface area contributed by atoms with Crippen molar-refractivity contribution < 1.29 is 24.5 Å². The number of fused-ring (bicyclic) bond motifs is 1. The van der Waals surface area contributed by atoms with Gasteiger partial charge in [0, 0.05) is 12.3 Å². The summed E-state index contributed by atoms with van der Waals surface area (Å²) >= 11 is 0. The van der Waals surface area contributed by atoms with Crippen LogP contribution in [0.15, 0.2) is 58.7 Å². The Labute approximate surface area is 179 Å². The van der Waals surface area contributed by atoms with Crippen molar-refractivity contribution in [2.24, 2.45) is 5.92 Å². The van der Waals surface area contributed by atoms with Gasteiger partial charge in [-0.3, -0.25) is 4.79 Å². The van der Waals surface area contributed by atoms with Crippen LogP contribution in [0.25, 0.3) is 0 Å². The van der Waals surface area contributed by atoms with Crippen molar-refractivity contribution in [2.75, 3.05) is 6.61 Å². The minimum atomic E-state index is -1.16. The number of carbonyl (C=O) groups excluding carboxylic acids is 1. The maximum Gasteiger partial charge on any atom is 0.209 e. The first-order chi connectivity index (χ1) is 14.1. The lowest BCUT2D eigenvalue weighted by molar-refractivity contribution is -0.244. The van der Waals surface area contributed by atoms with Gasteiger partial charge in [-0.2, -0.15) is 0 Å². The van der Waals surface area contributed by atoms with Crippen molar-refractivity contribution in [3.8, 4) is 0 Å². The first kappa shape index (κ1) is 22.9. The standard InChI is InChI=1S/C25H34O5/c1-15(2)7-6-8-17(4)24(28)23-9-16(3)12-25(30-23)13-19(14-26)20-11-21(27)18(5)10-22(20)29-25/h7,10,12-13,20,22-24,26,28H,4,6,8-9,11,14H2,1-3,5H3. The Hall–Kier alpha value is -1.79. The highest BCUT2D eigenvalue weighted by atomic mass is 16.7. The van der Waals surface area contributed by atoms with Gasteiger partial charge in [0.15, 0.2) is 5.78 Å². The predicted octanol–water partition coefficient (Wildman–Crippen LogP) is 3.93. The summed E-state index contributed by atoms with van der Waals surface area (Å²) in [6.07, 6.45) is 8.42. The number of hydrogen-bond donors (Lipinski definition) is 2. The molecule has 3 rings (SSSR count). The van der Waals surface area contributed by atoms with Crippen LogP contribution in [0.5, 0.6) is 0 Å². The second-order valence-corrected chi connectivity index (χ2v) is 9.04. The molecule has 0 saturated heterocycles. The maximum atomic E-state index is 12.2. The van der Waals surface area contributed by atoms with Crippen LogP contribution in [-0.4, -0.2) is 46.7 Å². The Kier molecular flexibility index (Phi) is 6.98. The number of aliphatic hydroxyl groups excluding tert-OH is 2. The van der Waals surface area contributed by atoms with Crippen LogP contribution < -0.4 is 0 Å². The zero-order chi connectivity index (χ0) is 22.1. The summed E-state index contributed by atoms with van der Waals surface area (Å²) in [4.78, 5) is 12.2. The van der Waals surface area contributed by atoms with E-state index in [0.29, 0.717) is 24.8 Å². The van der Waals surface area contributed by atoms with Gasteiger partial charge in [0.2, 0.25) is 5.79 Å². The zero-order valence-corrected chi connectivity index (χ0v) is 18.5. The van der Waals surface area contributed by atoms with Gasteiger partial charge in [0.1, 0.15) is 6.10 Å². The topological polar surface area (TPSA) is 76.0 Å². The van der Waals surface area contributed by atoms with E-state index in [9.17, 15) is 15.0 Å². The average molecular weight is 415 g/mol. The molecular formula is C25H34O5. The molecule has 2 heterocycles. The molecule has 0 aromatic rings. The normalized spacial score (nSPS) is 32.0. The Balaban J connectivity index is 1.83. The molecule has 0 fully saturated rings. The highest BCUT2D eigenvalue weighted by molar-refractivity contribution is 5.96. The summed E-state index contributed by atoms with van der Waals surface area (Å²) in [5.74, 6) is -1.27. The predicted molar refractivity (Wildman–Crippen MR) is 117 cm³/mol. The summed E-state index contributed by atoms with van der Waals surface area (Å²) in [5.41, 5.74) is 4.43. The number of ether oxygens (including phenoxy) is 2. The molecule has 0 saturated carbocycles. The number of carbonyl (C=O) groups is 1. The SMILES string of the molecule is C=C(CCC=C(C)C)C(O)C1CC(C)=CC2(C=C(CO)C3CC(=O)C(C)=CC3O2)O1. The van der Waals surface area contributed by atoms with Gasteiger partial charge in [0.05, 0.1) is 18.8 Å². The van der Waals surface area contributed by atoms with Crippen LogP contribution in [0.1, 0.15) is 53.4 Å². The van der Waals surface area contributed by atoms with Crippen molar-refractivity contribution >= 4 is 5.78 Å². The number of ketones is 1. The molecule has 0 aromatic carbocycles. The molecule has 5 nitrogen and oxygen atoms in total. The second kappa shape index (κ2) is 9.15. The van der Waals surface area contributed by atoms with Crippen LogP contribution in [0.2, 0.25) is 0 Å². The number of Topliss-reactive ketones (excluding diaryl/α,β-unsaturated/α-hetero) is 1. The van der Waals surface area contributed by atoms with E-state index in [4.69, 9.17) is 9.47 Å². The summed E-state index contributed by atoms with van der Waals surface area (Å²) in [6.45, 7) is 11.8. The fourth-order valence-electron chi connectivity index (χ4n) is 4.47. The lowest BCUT2D eigenvalue weighted by Gasteiger charge is -2.46. The van der Waals surface area contributed by atoms with E-state index < -0.39 is 18.0 Å². The first-order valence-electron chi connectivity index (χ1n) is 10.7. The Morgan fingerprint density at radius 3 is 2.70 bits per heavy atom. The smallest absolute Gasteiger partial charge is 0.209 e. The Bertz CT molecular complexity index is 826. The fourth-order valence-corrected chi connectivity index (χ4v) is 4.47. The van der Waals surface area contributed by atoms with Crippen molar-refractivity contribution in [3.63, 3.8) is 0 Å². The molecule has 2 aliphatic heterocycles. The molecule has 5 heteroatoms. The second-order valence-electron chi connectivity index (χ2n) is 9.04. The van der Waals surface area contributed by atoms with Crippen LogP contribution in [0.4, 0.5) is 0 Å². The van der Waals surface area contributed by atoms with E-state index in [2.05, 4.69) is 26.5 Å². The van der Waals surface area contributed by atoms with Gasteiger partial charge in [-0.25, -0.2) is 0 Å². The third-order valence-corrected chi connectivity index (χ3v) is 6.12. The van der Waals surface area contributed by atoms with Gasteiger partial charge in [-0.15, -0.1) is 0 Å². The zero-order valence-electron chi connectivity index (χ0n) is 18.5. The minimum Gasteiger partial charge on any atom is -0.392 e. The summed E-state index contributed by atoms with van der Waals surface area (Å²) in [5, 5.41) is 20.9. The third kappa shape index (κ3) is 4.92. The third-order valence-electron chi connectivity index (χ3n) is 6.12. The van der Waals surface area contributed by atoms with Gasteiger partial charge >= 0.3 is 0 Å². The molecule has 0 aromatic heterocycles. The van der Waals surface area contributed by atoms with Crippen LogP contribution in [0.3, 0.4) is 0 Å². The number of allylic oxidation sites excluding steroid dienone is 3. The molecule has 30 heavy (non-hydrogen) atoms. The number of rotatable bonds is 6. The molecule has 1 spiro atoms. The average Bonchev–Trinajstić information content (AvgIpc) is 2.67. The molecule has 0 bridgehead atoms. The van der Waals surface area contributed by atoms with Crippen molar-refractivity contribution in [3.05, 3.63) is 58.7 Å². The molecular weight excluding hydrogens is 380 g/mol. The van der Waals surface area contributed by atoms with Gasteiger partial charge in [-0.1, -0.05) is 23.8 Å². The summed E-state index contributed by atoms with van der Waals surface area (Å²) < 4.78 is 12.7. The largest absolute Gasteiger partial charge is 0.392 e. The van der Waals surface area contributed by atoms with E-state index in [1.165, 1.54) is 5.57 Å². The number of aliphatic hydroxyl groups is 2. The van der Waals surface area contributed by atoms with Gasteiger partial charge in [-0.05, 0) is 81.9 Å². The maximum absolute atomic E-state index is 12.2. The summed E-state index contributed by atoms with van der Waals surface area (Å²) in [7, 11) is 0. The van der Waals surface area contributed by atoms with E-state index >= 15 is 0 Å². The monoisotopic (exact) mass is 414 g/mol. The van der Waals surface area contributed by atoms with Gasteiger partial charge < -0.3 is 19.7 Å². The minimum absolute atomic E-state index is 0.0763. The number of hydrogen-bond acceptors (Lipinski definition) is 5. The lowest BCUT2D eigenvalue weighted by Crippen LogP contribution is -2.51. The Morgan fingerprint density at radius 1 is 1.30 bits per heavy atom. The van der Waals surface area contributed by atoms with E-state index in [1.54, 1.807) is 13.0 Å². The van der Waals surface area contributed by atoms with Crippen molar-refractivity contribution in [2.45, 2.75) is 77.5 Å². The van der Waals surface area contributed by atoms with E-state index in [0.717, 1.165) is 23.1 Å². The van der Waals surface area contributed by atoms with Crippen molar-refractivity contribution in [1.82, 2.24) is 0 Å². The molecule has 3 aliphatic rings. The van der Waals surface area contributed by atoms with Crippen molar-refractivity contribution in [1.29, 1.82) is 0 Å². The summed E-state index contributed by atoms with van der Waals surface area (Å²) in [6, 6.07) is 0. The molecule has 5 atom stereocenters. The first-order valence-corrected chi connectivity index (χ1v) is 10.7. The van der Waals surface area contributed by atoms with Crippen LogP contribution >= 0.6 is 0 Å². The van der Waals surface area contributed by atoms with Crippen LogP contribution in [0, 0.1) is 5.92 Å². The highest BCUT2D eigenvalue weighted by Gasteiger charge is 2.46. The highest BCUT2D eigenvalue weighted by Crippen LogP contribution is 2.43. The molecule has 1 aliphatic carbocycles. The quantitative estimate of drug-likeness (QED) is 0.644. The molecule has 5 unspecified atom stereocenters. The lowest BCUT2D eigenvalue weighted by atomic mass is 9.79. The molecule has 2 N–H and O–H groups in total. The molecule has 0 radical (unpaired) electrons. The van der Waals surface area contributed by atoms with E-state index in [-0.39, 0.29) is 24.4 Å². The molecule has 0 amide bonds. The van der Waals surface area contributed by atoms with Crippen LogP contribution in [-0.2, 0) is 14.3 Å². The van der Waals surface area contributed by atoms with Gasteiger partial charge in [0.25, 0.3) is 0 Å². The van der Waals surface area contributed by atoms with E-state index in [1.807, 2.05) is 19.1 Å². The molecule has 164 valence electrons. The Morgan fingerprint density at radius 2 is 2.03 bits per heavy atom. The fraction of sp³-hybridized carbons (Fsp3) is 0.560.